The summed E-state index contributed by atoms with van der Waals surface area (Å²) in [6, 6.07) is 7.44. The summed E-state index contributed by atoms with van der Waals surface area (Å²) in [5, 5.41) is 7.00. The Labute approximate surface area is 103 Å². The molecule has 0 aromatic heterocycles. The molecule has 94 valence electrons. The molecule has 17 heavy (non-hydrogen) atoms. The van der Waals surface area contributed by atoms with Crippen LogP contribution in [0.1, 0.15) is 24.8 Å². The van der Waals surface area contributed by atoms with E-state index in [-0.39, 0.29) is 5.82 Å². The lowest BCUT2D eigenvalue weighted by atomic mass is 10.1. The first-order chi connectivity index (χ1) is 8.34. The van der Waals surface area contributed by atoms with E-state index in [2.05, 4.69) is 10.6 Å². The first-order valence-electron chi connectivity index (χ1n) is 6.53. The summed E-state index contributed by atoms with van der Waals surface area (Å²) in [4.78, 5) is 0. The molecule has 1 aliphatic heterocycles. The zero-order chi connectivity index (χ0) is 11.9. The van der Waals surface area contributed by atoms with E-state index in [0.29, 0.717) is 6.04 Å². The fourth-order valence-electron chi connectivity index (χ4n) is 2.29. The Bertz CT molecular complexity index is 315. The third kappa shape index (κ3) is 4.44. The van der Waals surface area contributed by atoms with E-state index in [0.717, 1.165) is 26.1 Å². The molecule has 0 aliphatic carbocycles. The number of rotatable bonds is 4. The molecular weight excluding hydrogens is 215 g/mol. The van der Waals surface area contributed by atoms with Crippen LogP contribution in [0, 0.1) is 5.82 Å². The normalized spacial score (nSPS) is 21.1. The highest BCUT2D eigenvalue weighted by atomic mass is 19.1. The van der Waals surface area contributed by atoms with Gasteiger partial charge in [0, 0.05) is 6.04 Å². The molecule has 0 bridgehead atoms. The van der Waals surface area contributed by atoms with Gasteiger partial charge in [-0.3, -0.25) is 0 Å². The lowest BCUT2D eigenvalue weighted by Gasteiger charge is -2.15. The highest BCUT2D eigenvalue weighted by Crippen LogP contribution is 2.06. The zero-order valence-electron chi connectivity index (χ0n) is 10.2. The number of nitrogens with one attached hydrogen (secondary N) is 2. The molecule has 1 heterocycles. The topological polar surface area (TPSA) is 24.1 Å². The molecule has 2 rings (SSSR count). The maximum Gasteiger partial charge on any atom is 0.123 e. The molecule has 1 unspecified atom stereocenters. The van der Waals surface area contributed by atoms with Gasteiger partial charge < -0.3 is 10.6 Å². The van der Waals surface area contributed by atoms with Gasteiger partial charge in [-0.15, -0.1) is 0 Å². The van der Waals surface area contributed by atoms with E-state index in [1.165, 1.54) is 37.0 Å². The maximum atomic E-state index is 12.7. The van der Waals surface area contributed by atoms with Crippen molar-refractivity contribution in [2.24, 2.45) is 0 Å². The molecule has 0 spiro atoms. The van der Waals surface area contributed by atoms with Gasteiger partial charge in [-0.2, -0.15) is 0 Å². The van der Waals surface area contributed by atoms with Gasteiger partial charge in [-0.05, 0) is 63.0 Å². The number of hydrogen-bond acceptors (Lipinski definition) is 2. The van der Waals surface area contributed by atoms with Crippen LogP contribution >= 0.6 is 0 Å². The minimum Gasteiger partial charge on any atom is -0.317 e. The van der Waals surface area contributed by atoms with Crippen LogP contribution in [-0.4, -0.2) is 25.7 Å². The maximum absolute atomic E-state index is 12.7. The van der Waals surface area contributed by atoms with E-state index < -0.39 is 0 Å². The lowest BCUT2D eigenvalue weighted by molar-refractivity contribution is 0.472. The summed E-state index contributed by atoms with van der Waals surface area (Å²) in [6.45, 7) is 3.25. The van der Waals surface area contributed by atoms with Crippen molar-refractivity contribution >= 4 is 0 Å². The molecule has 2 N–H and O–H groups in total. The molecular formula is C14H21FN2. The third-order valence-electron chi connectivity index (χ3n) is 3.34. The Hall–Kier alpha value is -0.930. The van der Waals surface area contributed by atoms with Gasteiger partial charge in [0.1, 0.15) is 5.82 Å². The summed E-state index contributed by atoms with van der Waals surface area (Å²) < 4.78 is 12.7. The molecule has 1 atom stereocenters. The monoisotopic (exact) mass is 236 g/mol. The SMILES string of the molecule is Fc1ccc(CCNC2CCCNCC2)cc1. The predicted molar refractivity (Wildman–Crippen MR) is 68.6 cm³/mol. The summed E-state index contributed by atoms with van der Waals surface area (Å²) in [7, 11) is 0. The predicted octanol–water partition coefficient (Wildman–Crippen LogP) is 2.10. The Morgan fingerprint density at radius 1 is 1.18 bits per heavy atom. The Morgan fingerprint density at radius 3 is 2.82 bits per heavy atom. The van der Waals surface area contributed by atoms with Gasteiger partial charge in [0.25, 0.3) is 0 Å². The van der Waals surface area contributed by atoms with Gasteiger partial charge in [0.05, 0.1) is 0 Å². The van der Waals surface area contributed by atoms with Crippen molar-refractivity contribution in [2.75, 3.05) is 19.6 Å². The van der Waals surface area contributed by atoms with Crippen LogP contribution in [0.5, 0.6) is 0 Å². The van der Waals surface area contributed by atoms with E-state index in [1.54, 1.807) is 0 Å². The van der Waals surface area contributed by atoms with Crippen molar-refractivity contribution in [3.8, 4) is 0 Å². The van der Waals surface area contributed by atoms with Crippen LogP contribution in [-0.2, 0) is 6.42 Å². The minimum absolute atomic E-state index is 0.156. The summed E-state index contributed by atoms with van der Waals surface area (Å²) in [5.74, 6) is -0.156. The molecule has 1 aromatic carbocycles. The largest absolute Gasteiger partial charge is 0.317 e. The van der Waals surface area contributed by atoms with Crippen molar-refractivity contribution in [1.82, 2.24) is 10.6 Å². The van der Waals surface area contributed by atoms with Crippen LogP contribution in [0.2, 0.25) is 0 Å². The van der Waals surface area contributed by atoms with E-state index in [4.69, 9.17) is 0 Å². The quantitative estimate of drug-likeness (QED) is 0.836. The van der Waals surface area contributed by atoms with Crippen molar-refractivity contribution in [3.05, 3.63) is 35.6 Å². The lowest BCUT2D eigenvalue weighted by Crippen LogP contribution is -2.31. The molecule has 0 saturated carbocycles. The Balaban J connectivity index is 1.69. The molecule has 0 amide bonds. The fourth-order valence-corrected chi connectivity index (χ4v) is 2.29. The number of benzene rings is 1. The molecule has 1 aromatic rings. The first-order valence-corrected chi connectivity index (χ1v) is 6.53. The third-order valence-corrected chi connectivity index (χ3v) is 3.34. The Kier molecular flexibility index (Phi) is 4.95. The van der Waals surface area contributed by atoms with Crippen LogP contribution in [0.3, 0.4) is 0 Å². The molecule has 1 saturated heterocycles. The number of halogens is 1. The highest BCUT2D eigenvalue weighted by molar-refractivity contribution is 5.16. The standard InChI is InChI=1S/C14H21FN2/c15-13-5-3-12(4-6-13)7-11-17-14-2-1-9-16-10-8-14/h3-6,14,16-17H,1-2,7-11H2. The van der Waals surface area contributed by atoms with Gasteiger partial charge in [-0.1, -0.05) is 12.1 Å². The molecule has 1 aliphatic rings. The minimum atomic E-state index is -0.156. The van der Waals surface area contributed by atoms with Gasteiger partial charge in [0.15, 0.2) is 0 Å². The average molecular weight is 236 g/mol. The van der Waals surface area contributed by atoms with Crippen LogP contribution in [0.25, 0.3) is 0 Å². The second-order valence-electron chi connectivity index (χ2n) is 4.71. The smallest absolute Gasteiger partial charge is 0.123 e. The first kappa shape index (κ1) is 12.5. The van der Waals surface area contributed by atoms with Gasteiger partial charge >= 0.3 is 0 Å². The van der Waals surface area contributed by atoms with Gasteiger partial charge in [-0.25, -0.2) is 4.39 Å². The van der Waals surface area contributed by atoms with Crippen LogP contribution in [0.4, 0.5) is 4.39 Å². The zero-order valence-corrected chi connectivity index (χ0v) is 10.2. The van der Waals surface area contributed by atoms with E-state index in [1.807, 2.05) is 12.1 Å². The fraction of sp³-hybridized carbons (Fsp3) is 0.571. The van der Waals surface area contributed by atoms with Crippen molar-refractivity contribution in [3.63, 3.8) is 0 Å². The number of hydrogen-bond donors (Lipinski definition) is 2. The van der Waals surface area contributed by atoms with E-state index in [9.17, 15) is 4.39 Å². The molecule has 3 heteroatoms. The second-order valence-corrected chi connectivity index (χ2v) is 4.71. The van der Waals surface area contributed by atoms with Crippen molar-refractivity contribution in [1.29, 1.82) is 0 Å². The summed E-state index contributed by atoms with van der Waals surface area (Å²) in [6.07, 6.45) is 4.71. The van der Waals surface area contributed by atoms with Crippen molar-refractivity contribution in [2.45, 2.75) is 31.7 Å². The average Bonchev–Trinajstić information content (AvgIpc) is 2.60. The molecule has 0 radical (unpaired) electrons. The summed E-state index contributed by atoms with van der Waals surface area (Å²) >= 11 is 0. The molecule has 1 fully saturated rings. The van der Waals surface area contributed by atoms with Gasteiger partial charge in [0.2, 0.25) is 0 Å². The molecule has 2 nitrogen and oxygen atoms in total. The van der Waals surface area contributed by atoms with E-state index >= 15 is 0 Å². The van der Waals surface area contributed by atoms with Crippen LogP contribution < -0.4 is 10.6 Å². The Morgan fingerprint density at radius 2 is 2.00 bits per heavy atom. The van der Waals surface area contributed by atoms with Crippen molar-refractivity contribution < 1.29 is 4.39 Å². The van der Waals surface area contributed by atoms with Crippen LogP contribution in [0.15, 0.2) is 24.3 Å². The second kappa shape index (κ2) is 6.72. The highest BCUT2D eigenvalue weighted by Gasteiger charge is 2.10. The summed E-state index contributed by atoms with van der Waals surface area (Å²) in [5.41, 5.74) is 1.20.